The van der Waals surface area contributed by atoms with Gasteiger partial charge in [-0.15, -0.1) is 0 Å². The number of piperidine rings is 1. The summed E-state index contributed by atoms with van der Waals surface area (Å²) in [6, 6.07) is 16.4. The van der Waals surface area contributed by atoms with E-state index in [1.54, 1.807) is 31.4 Å². The van der Waals surface area contributed by atoms with E-state index in [1.807, 2.05) is 35.2 Å². The molecule has 0 spiro atoms. The summed E-state index contributed by atoms with van der Waals surface area (Å²) in [7, 11) is 1.59. The van der Waals surface area contributed by atoms with E-state index in [4.69, 9.17) is 4.74 Å². The minimum atomic E-state index is -0.701. The lowest BCUT2D eigenvalue weighted by Gasteiger charge is -2.31. The maximum absolute atomic E-state index is 13.9. The Labute approximate surface area is 228 Å². The van der Waals surface area contributed by atoms with Crippen LogP contribution in [0.25, 0.3) is 0 Å². The molecule has 0 aliphatic carbocycles. The van der Waals surface area contributed by atoms with Crippen molar-refractivity contribution in [1.82, 2.24) is 9.47 Å². The lowest BCUT2D eigenvalue weighted by Crippen LogP contribution is -2.39. The highest BCUT2D eigenvalue weighted by atomic mass is 32.2. The topological polar surface area (TPSA) is 88.9 Å². The van der Waals surface area contributed by atoms with Gasteiger partial charge in [-0.3, -0.25) is 23.7 Å². The Hall–Kier alpha value is -3.37. The van der Waals surface area contributed by atoms with Gasteiger partial charge in [-0.1, -0.05) is 53.4 Å². The van der Waals surface area contributed by atoms with E-state index in [1.165, 1.54) is 21.2 Å². The number of methoxy groups -OCH3 is 1. The molecule has 2 saturated heterocycles. The van der Waals surface area contributed by atoms with E-state index in [0.717, 1.165) is 41.0 Å². The SMILES string of the molecule is COc1ccc(C2c3sc(=O)n(CC(=O)N4CCCCC4)c3SC3C(=O)N(c4ccccc4)C(=O)C32)cc1. The van der Waals surface area contributed by atoms with Crippen molar-refractivity contribution in [2.24, 2.45) is 5.92 Å². The van der Waals surface area contributed by atoms with Crippen LogP contribution in [0, 0.1) is 5.92 Å². The minimum absolute atomic E-state index is 0.0606. The number of likely N-dealkylation sites (tertiary alicyclic amines) is 1. The number of rotatable bonds is 5. The van der Waals surface area contributed by atoms with Crippen LogP contribution in [0.2, 0.25) is 0 Å². The summed E-state index contributed by atoms with van der Waals surface area (Å²) in [5.74, 6) is -1.15. The van der Waals surface area contributed by atoms with E-state index >= 15 is 0 Å². The molecule has 196 valence electrons. The number of ether oxygens (including phenoxy) is 1. The largest absolute Gasteiger partial charge is 0.497 e. The Balaban J connectivity index is 1.43. The van der Waals surface area contributed by atoms with Crippen molar-refractivity contribution in [2.45, 2.75) is 42.0 Å². The minimum Gasteiger partial charge on any atom is -0.497 e. The smallest absolute Gasteiger partial charge is 0.308 e. The Morgan fingerprint density at radius 3 is 2.34 bits per heavy atom. The predicted octanol–water partition coefficient (Wildman–Crippen LogP) is 3.73. The van der Waals surface area contributed by atoms with Crippen molar-refractivity contribution >= 4 is 46.5 Å². The fraction of sp³-hybridized carbons (Fsp3) is 0.357. The zero-order valence-corrected chi connectivity index (χ0v) is 22.5. The van der Waals surface area contributed by atoms with Gasteiger partial charge in [0.2, 0.25) is 17.7 Å². The Morgan fingerprint density at radius 2 is 1.66 bits per heavy atom. The molecule has 3 aliphatic heterocycles. The first-order chi connectivity index (χ1) is 18.5. The molecule has 38 heavy (non-hydrogen) atoms. The number of imide groups is 1. The summed E-state index contributed by atoms with van der Waals surface area (Å²) in [6.45, 7) is 1.34. The van der Waals surface area contributed by atoms with Gasteiger partial charge in [0, 0.05) is 23.9 Å². The number of thioether (sulfide) groups is 1. The number of benzene rings is 2. The molecule has 8 nitrogen and oxygen atoms in total. The third-order valence-corrected chi connectivity index (χ3v) is 10.1. The van der Waals surface area contributed by atoms with Gasteiger partial charge < -0.3 is 9.64 Å². The number of carbonyl (C=O) groups is 3. The van der Waals surface area contributed by atoms with Gasteiger partial charge in [0.15, 0.2) is 0 Å². The van der Waals surface area contributed by atoms with Crippen molar-refractivity contribution in [3.8, 4) is 5.75 Å². The van der Waals surface area contributed by atoms with Crippen LogP contribution in [0.1, 0.15) is 35.6 Å². The number of thiazole rings is 1. The number of anilines is 1. The molecule has 3 unspecified atom stereocenters. The first-order valence-corrected chi connectivity index (χ1v) is 14.4. The van der Waals surface area contributed by atoms with Crippen LogP contribution in [0.5, 0.6) is 5.75 Å². The normalized spacial score (nSPS) is 22.8. The fourth-order valence-electron chi connectivity index (χ4n) is 5.64. The van der Waals surface area contributed by atoms with Crippen LogP contribution < -0.4 is 14.5 Å². The number of amides is 3. The molecule has 2 aromatic carbocycles. The monoisotopic (exact) mass is 549 g/mol. The zero-order valence-electron chi connectivity index (χ0n) is 20.9. The second-order valence-corrected chi connectivity index (χ2v) is 11.9. The summed E-state index contributed by atoms with van der Waals surface area (Å²) in [5.41, 5.74) is 1.36. The molecule has 0 bridgehead atoms. The van der Waals surface area contributed by atoms with E-state index in [0.29, 0.717) is 29.6 Å². The molecule has 3 atom stereocenters. The molecule has 1 aromatic heterocycles. The van der Waals surface area contributed by atoms with Crippen LogP contribution in [-0.2, 0) is 20.9 Å². The average molecular weight is 550 g/mol. The van der Waals surface area contributed by atoms with E-state index < -0.39 is 17.1 Å². The lowest BCUT2D eigenvalue weighted by atomic mass is 9.83. The molecule has 3 amide bonds. The van der Waals surface area contributed by atoms with Crippen molar-refractivity contribution < 1.29 is 19.1 Å². The summed E-state index contributed by atoms with van der Waals surface area (Å²) in [5, 5.41) is -0.0869. The second-order valence-electron chi connectivity index (χ2n) is 9.73. The number of hydrogen-bond donors (Lipinski definition) is 0. The van der Waals surface area contributed by atoms with Gasteiger partial charge in [-0.2, -0.15) is 0 Å². The first-order valence-electron chi connectivity index (χ1n) is 12.7. The van der Waals surface area contributed by atoms with Crippen LogP contribution in [0.3, 0.4) is 0 Å². The number of aromatic nitrogens is 1. The maximum atomic E-state index is 13.9. The van der Waals surface area contributed by atoms with Crippen molar-refractivity contribution in [3.05, 3.63) is 74.7 Å². The zero-order chi connectivity index (χ0) is 26.4. The van der Waals surface area contributed by atoms with Gasteiger partial charge in [-0.25, -0.2) is 4.90 Å². The maximum Gasteiger partial charge on any atom is 0.308 e. The number of carbonyl (C=O) groups excluding carboxylic acids is 3. The first kappa shape index (κ1) is 24.9. The fourth-order valence-corrected chi connectivity index (χ4v) is 8.41. The van der Waals surface area contributed by atoms with Gasteiger partial charge in [0.25, 0.3) is 0 Å². The molecular weight excluding hydrogens is 522 g/mol. The predicted molar refractivity (Wildman–Crippen MR) is 146 cm³/mol. The lowest BCUT2D eigenvalue weighted by molar-refractivity contribution is -0.133. The van der Waals surface area contributed by atoms with E-state index in [2.05, 4.69) is 0 Å². The van der Waals surface area contributed by atoms with E-state index in [-0.39, 0.29) is 29.1 Å². The number of nitrogens with zero attached hydrogens (tertiary/aromatic N) is 3. The standard InChI is InChI=1S/C28H27N3O5S2/c1-36-19-12-10-17(11-13-19)21-22-23(26(34)31(25(22)33)18-8-4-2-5-9-18)37-27-24(21)38-28(35)30(27)16-20(32)29-14-6-3-7-15-29/h2,4-5,8-13,21-23H,3,6-7,14-16H2,1H3. The van der Waals surface area contributed by atoms with Gasteiger partial charge in [0.1, 0.15) is 17.5 Å². The highest BCUT2D eigenvalue weighted by molar-refractivity contribution is 8.00. The summed E-state index contributed by atoms with van der Waals surface area (Å²) in [6.07, 6.45) is 3.03. The number of fused-ring (bicyclic) bond motifs is 2. The molecular formula is C28H27N3O5S2. The van der Waals surface area contributed by atoms with Crippen LogP contribution in [0.15, 0.2) is 64.4 Å². The molecule has 6 rings (SSSR count). The van der Waals surface area contributed by atoms with Crippen molar-refractivity contribution in [1.29, 1.82) is 0 Å². The molecule has 0 radical (unpaired) electrons. The van der Waals surface area contributed by atoms with Crippen molar-refractivity contribution in [2.75, 3.05) is 25.1 Å². The highest BCUT2D eigenvalue weighted by Crippen LogP contribution is 2.54. The van der Waals surface area contributed by atoms with Gasteiger partial charge >= 0.3 is 4.87 Å². The third kappa shape index (κ3) is 4.16. The van der Waals surface area contributed by atoms with Crippen LogP contribution in [-0.4, -0.2) is 52.6 Å². The third-order valence-electron chi connectivity index (χ3n) is 7.54. The molecule has 3 aliphatic rings. The Bertz CT molecular complexity index is 1440. The van der Waals surface area contributed by atoms with Crippen molar-refractivity contribution in [3.63, 3.8) is 0 Å². The number of para-hydroxylation sites is 1. The summed E-state index contributed by atoms with van der Waals surface area (Å²) < 4.78 is 6.83. The van der Waals surface area contributed by atoms with Crippen LogP contribution in [0.4, 0.5) is 5.69 Å². The number of hydrogen-bond acceptors (Lipinski definition) is 7. The highest BCUT2D eigenvalue weighted by Gasteiger charge is 2.56. The molecule has 10 heteroatoms. The van der Waals surface area contributed by atoms with Gasteiger partial charge in [-0.05, 0) is 49.1 Å². The molecule has 4 heterocycles. The quantitative estimate of drug-likeness (QED) is 0.451. The molecule has 0 saturated carbocycles. The van der Waals surface area contributed by atoms with E-state index in [9.17, 15) is 19.2 Å². The summed E-state index contributed by atoms with van der Waals surface area (Å²) >= 11 is 2.32. The molecule has 2 fully saturated rings. The average Bonchev–Trinajstić information content (AvgIpc) is 3.40. The molecule has 0 N–H and O–H groups in total. The molecule has 3 aromatic rings. The second kappa shape index (κ2) is 10.1. The summed E-state index contributed by atoms with van der Waals surface area (Å²) in [4.78, 5) is 57.6. The Kier molecular flexibility index (Phi) is 6.61. The van der Waals surface area contributed by atoms with Crippen LogP contribution >= 0.6 is 23.1 Å². The van der Waals surface area contributed by atoms with Gasteiger partial charge in [0.05, 0.1) is 23.7 Å². The Morgan fingerprint density at radius 1 is 0.947 bits per heavy atom.